The second kappa shape index (κ2) is 10.1. The Labute approximate surface area is 201 Å². The highest BCUT2D eigenvalue weighted by molar-refractivity contribution is 7.89. The van der Waals surface area contributed by atoms with E-state index in [4.69, 9.17) is 9.47 Å². The Morgan fingerprint density at radius 3 is 2.63 bits per heavy atom. The maximum absolute atomic E-state index is 13.9. The van der Waals surface area contributed by atoms with Gasteiger partial charge >= 0.3 is 0 Å². The number of halogens is 1. The number of ether oxygens (including phenoxy) is 2. The molecule has 4 rings (SSSR count). The molecule has 2 heterocycles. The normalized spacial score (nSPS) is 12.3. The molecule has 0 aliphatic heterocycles. The van der Waals surface area contributed by atoms with Crippen molar-refractivity contribution in [3.8, 4) is 11.5 Å². The van der Waals surface area contributed by atoms with E-state index < -0.39 is 32.7 Å². The van der Waals surface area contributed by atoms with E-state index in [1.807, 2.05) is 35.0 Å². The van der Waals surface area contributed by atoms with E-state index in [2.05, 4.69) is 15.0 Å². The third kappa shape index (κ3) is 5.58. The summed E-state index contributed by atoms with van der Waals surface area (Å²) in [6.07, 6.45) is 3.72. The van der Waals surface area contributed by atoms with E-state index in [1.165, 1.54) is 26.2 Å². The minimum absolute atomic E-state index is 0.161. The fourth-order valence-electron chi connectivity index (χ4n) is 3.34. The highest BCUT2D eigenvalue weighted by Gasteiger charge is 2.24. The topological polar surface area (TPSA) is 111 Å². The Bertz CT molecular complexity index is 1440. The molecule has 4 aromatic rings. The minimum atomic E-state index is -4.24. The Kier molecular flexibility index (Phi) is 6.99. The van der Waals surface area contributed by atoms with Crippen LogP contribution in [0.3, 0.4) is 0 Å². The van der Waals surface area contributed by atoms with Crippen molar-refractivity contribution in [1.29, 1.82) is 0 Å². The van der Waals surface area contributed by atoms with Crippen molar-refractivity contribution < 1.29 is 27.1 Å². The lowest BCUT2D eigenvalue weighted by Gasteiger charge is -2.16. The number of amides is 1. The minimum Gasteiger partial charge on any atom is -0.493 e. The van der Waals surface area contributed by atoms with Crippen LogP contribution in [0.25, 0.3) is 5.65 Å². The van der Waals surface area contributed by atoms with Crippen LogP contribution in [0.5, 0.6) is 11.5 Å². The Hall–Kier alpha value is -3.96. The smallest absolute Gasteiger partial charge is 0.244 e. The van der Waals surface area contributed by atoms with E-state index >= 15 is 0 Å². The van der Waals surface area contributed by atoms with Crippen molar-refractivity contribution in [3.05, 3.63) is 84.6 Å². The van der Waals surface area contributed by atoms with Gasteiger partial charge in [0.2, 0.25) is 15.9 Å². The third-order valence-corrected chi connectivity index (χ3v) is 6.65. The summed E-state index contributed by atoms with van der Waals surface area (Å²) in [6.45, 7) is 1.52. The van der Waals surface area contributed by atoms with Gasteiger partial charge in [-0.1, -0.05) is 18.2 Å². The van der Waals surface area contributed by atoms with Crippen molar-refractivity contribution in [3.63, 3.8) is 0 Å². The lowest BCUT2D eigenvalue weighted by atomic mass is 10.2. The molecule has 0 saturated carbocycles. The summed E-state index contributed by atoms with van der Waals surface area (Å²) in [6, 6.07) is 14.2. The number of fused-ring (bicyclic) bond motifs is 1. The van der Waals surface area contributed by atoms with Crippen molar-refractivity contribution in [2.24, 2.45) is 0 Å². The van der Waals surface area contributed by atoms with Gasteiger partial charge in [-0.15, -0.1) is 0 Å². The van der Waals surface area contributed by atoms with E-state index in [0.717, 1.165) is 17.8 Å². The van der Waals surface area contributed by atoms with Crippen LogP contribution >= 0.6 is 0 Å². The second-order valence-electron chi connectivity index (χ2n) is 7.62. The summed E-state index contributed by atoms with van der Waals surface area (Å²) in [5.74, 6) is -0.737. The van der Waals surface area contributed by atoms with Gasteiger partial charge in [0.25, 0.3) is 0 Å². The summed E-state index contributed by atoms with van der Waals surface area (Å²) < 4.78 is 54.1. The number of rotatable bonds is 9. The molecule has 35 heavy (non-hydrogen) atoms. The number of carbonyl (C=O) groups is 1. The fraction of sp³-hybridized carbons (Fsp3) is 0.167. The average Bonchev–Trinajstić information content (AvgIpc) is 3.26. The number of pyridine rings is 1. The number of imidazole rings is 1. The van der Waals surface area contributed by atoms with Crippen LogP contribution in [-0.4, -0.2) is 36.9 Å². The van der Waals surface area contributed by atoms with Crippen LogP contribution in [0.1, 0.15) is 12.6 Å². The third-order valence-electron chi connectivity index (χ3n) is 5.07. The molecular weight excluding hydrogens is 475 g/mol. The van der Waals surface area contributed by atoms with Crippen molar-refractivity contribution >= 4 is 27.3 Å². The molecule has 0 fully saturated rings. The van der Waals surface area contributed by atoms with Gasteiger partial charge in [-0.3, -0.25) is 4.79 Å². The first kappa shape index (κ1) is 24.2. The zero-order valence-corrected chi connectivity index (χ0v) is 19.8. The molecule has 2 aromatic heterocycles. The molecule has 182 valence electrons. The molecule has 0 aliphatic carbocycles. The lowest BCUT2D eigenvalue weighted by Crippen LogP contribution is -2.41. The molecule has 1 amide bonds. The van der Waals surface area contributed by atoms with Gasteiger partial charge in [0.15, 0.2) is 11.5 Å². The highest BCUT2D eigenvalue weighted by Crippen LogP contribution is 2.31. The summed E-state index contributed by atoms with van der Waals surface area (Å²) in [7, 11) is -2.75. The van der Waals surface area contributed by atoms with Crippen molar-refractivity contribution in [2.45, 2.75) is 24.5 Å². The van der Waals surface area contributed by atoms with Crippen LogP contribution < -0.4 is 19.5 Å². The number of nitrogens with zero attached hydrogens (tertiary/aromatic N) is 2. The van der Waals surface area contributed by atoms with Gasteiger partial charge in [-0.25, -0.2) is 17.8 Å². The molecule has 2 N–H and O–H groups in total. The number of aromatic nitrogens is 2. The number of carbonyl (C=O) groups excluding carboxylic acids is 1. The summed E-state index contributed by atoms with van der Waals surface area (Å²) in [5, 5.41) is 2.63. The molecule has 0 unspecified atom stereocenters. The van der Waals surface area contributed by atoms with Crippen molar-refractivity contribution in [2.75, 3.05) is 12.4 Å². The van der Waals surface area contributed by atoms with Crippen molar-refractivity contribution in [1.82, 2.24) is 14.1 Å². The van der Waals surface area contributed by atoms with Crippen LogP contribution in [0.4, 0.5) is 10.1 Å². The summed E-state index contributed by atoms with van der Waals surface area (Å²) in [5.41, 5.74) is 1.84. The van der Waals surface area contributed by atoms with E-state index in [9.17, 15) is 17.6 Å². The predicted octanol–water partition coefficient (Wildman–Crippen LogP) is 3.37. The van der Waals surface area contributed by atoms with Crippen LogP contribution in [-0.2, 0) is 21.4 Å². The van der Waals surface area contributed by atoms with E-state index in [1.54, 1.807) is 18.2 Å². The standard InChI is InChI=1S/C24H23FN4O5S/c1-16(28-35(31,32)22-8-4-3-7-19(22)25)24(30)27-17-10-11-20(33-2)21(13-17)34-15-18-14-29-12-6-5-9-23(29)26-18/h3-14,16,28H,15H2,1-2H3,(H,27,30)/t16-/m0/s1. The first-order valence-electron chi connectivity index (χ1n) is 10.6. The molecule has 2 aromatic carbocycles. The number of sulfonamides is 1. The molecule has 0 radical (unpaired) electrons. The maximum atomic E-state index is 13.9. The van der Waals surface area contributed by atoms with E-state index in [0.29, 0.717) is 22.9 Å². The van der Waals surface area contributed by atoms with E-state index in [-0.39, 0.29) is 6.61 Å². The van der Waals surface area contributed by atoms with Gasteiger partial charge in [0, 0.05) is 24.1 Å². The molecule has 0 saturated heterocycles. The molecule has 1 atom stereocenters. The molecule has 11 heteroatoms. The van der Waals surface area contributed by atoms with Gasteiger partial charge in [0.1, 0.15) is 23.0 Å². The zero-order chi connectivity index (χ0) is 25.0. The molecule has 0 aliphatic rings. The zero-order valence-electron chi connectivity index (χ0n) is 18.9. The number of hydrogen-bond donors (Lipinski definition) is 2. The number of benzene rings is 2. The predicted molar refractivity (Wildman–Crippen MR) is 127 cm³/mol. The Morgan fingerprint density at radius 2 is 1.89 bits per heavy atom. The van der Waals surface area contributed by atoms with Crippen LogP contribution in [0.15, 0.2) is 78.0 Å². The number of methoxy groups -OCH3 is 1. The average molecular weight is 499 g/mol. The Morgan fingerprint density at radius 1 is 1.11 bits per heavy atom. The molecule has 9 nitrogen and oxygen atoms in total. The number of hydrogen-bond acceptors (Lipinski definition) is 6. The molecular formula is C24H23FN4O5S. The van der Waals surface area contributed by atoms with Gasteiger partial charge in [0.05, 0.1) is 18.8 Å². The largest absolute Gasteiger partial charge is 0.493 e. The van der Waals surface area contributed by atoms with Gasteiger partial charge < -0.3 is 19.2 Å². The summed E-state index contributed by atoms with van der Waals surface area (Å²) >= 11 is 0. The monoisotopic (exact) mass is 498 g/mol. The molecule has 0 bridgehead atoms. The van der Waals surface area contributed by atoms with Crippen LogP contribution in [0, 0.1) is 5.82 Å². The first-order valence-corrected chi connectivity index (χ1v) is 12.1. The molecule has 0 spiro atoms. The SMILES string of the molecule is COc1ccc(NC(=O)[C@H](C)NS(=O)(=O)c2ccccc2F)cc1OCc1cn2ccccc2n1. The second-order valence-corrected chi connectivity index (χ2v) is 9.30. The van der Waals surface area contributed by atoms with Gasteiger partial charge in [-0.05, 0) is 43.3 Å². The quantitative estimate of drug-likeness (QED) is 0.366. The van der Waals surface area contributed by atoms with Gasteiger partial charge in [-0.2, -0.15) is 4.72 Å². The highest BCUT2D eigenvalue weighted by atomic mass is 32.2. The summed E-state index contributed by atoms with van der Waals surface area (Å²) in [4.78, 5) is 16.6. The Balaban J connectivity index is 1.44. The first-order chi connectivity index (χ1) is 16.8. The van der Waals surface area contributed by atoms with Crippen LogP contribution in [0.2, 0.25) is 0 Å². The number of anilines is 1. The fourth-order valence-corrected chi connectivity index (χ4v) is 4.62. The number of nitrogens with one attached hydrogen (secondary N) is 2. The lowest BCUT2D eigenvalue weighted by molar-refractivity contribution is -0.117. The maximum Gasteiger partial charge on any atom is 0.244 e.